The number of aliphatic hydroxyl groups excluding tert-OH is 1. The third kappa shape index (κ3) is 8.69. The van der Waals surface area contributed by atoms with Gasteiger partial charge >= 0.3 is 0 Å². The van der Waals surface area contributed by atoms with Crippen LogP contribution in [0.15, 0.2) is 0 Å². The average Bonchev–Trinajstić information content (AvgIpc) is 2.20. The van der Waals surface area contributed by atoms with Crippen molar-refractivity contribution in [2.24, 2.45) is 0 Å². The highest BCUT2D eigenvalue weighted by Gasteiger charge is 2.04. The van der Waals surface area contributed by atoms with Crippen LogP contribution in [0.25, 0.3) is 0 Å². The van der Waals surface area contributed by atoms with E-state index in [0.29, 0.717) is 0 Å². The lowest BCUT2D eigenvalue weighted by Crippen LogP contribution is -2.42. The first-order valence-corrected chi connectivity index (χ1v) is 4.45. The Kier molecular flexibility index (Phi) is 6.90. The first-order chi connectivity index (χ1) is 7.06. The minimum atomic E-state index is -0.440. The number of nitrogens with one attached hydrogen (secondary N) is 3. The summed E-state index contributed by atoms with van der Waals surface area (Å²) in [4.78, 5) is 32.3. The number of hydrogen-bond acceptors (Lipinski definition) is 4. The van der Waals surface area contributed by atoms with E-state index < -0.39 is 5.91 Å². The van der Waals surface area contributed by atoms with Gasteiger partial charge in [-0.3, -0.25) is 14.4 Å². The minimum absolute atomic E-state index is 0.147. The quantitative estimate of drug-likeness (QED) is 0.389. The lowest BCUT2D eigenvalue weighted by atomic mass is 10.5. The summed E-state index contributed by atoms with van der Waals surface area (Å²) < 4.78 is 0. The first kappa shape index (κ1) is 13.4. The molecule has 0 spiro atoms. The van der Waals surface area contributed by atoms with Gasteiger partial charge in [0.2, 0.25) is 17.7 Å². The number of rotatable bonds is 6. The van der Waals surface area contributed by atoms with Crippen molar-refractivity contribution in [3.63, 3.8) is 0 Å². The summed E-state index contributed by atoms with van der Waals surface area (Å²) in [7, 11) is 0. The highest BCUT2D eigenvalue weighted by atomic mass is 16.3. The van der Waals surface area contributed by atoms with Crippen molar-refractivity contribution >= 4 is 17.7 Å². The zero-order valence-corrected chi connectivity index (χ0v) is 8.50. The summed E-state index contributed by atoms with van der Waals surface area (Å²) in [6.07, 6.45) is 0. The topological polar surface area (TPSA) is 108 Å². The van der Waals surface area contributed by atoms with E-state index in [4.69, 9.17) is 5.11 Å². The van der Waals surface area contributed by atoms with Crippen molar-refractivity contribution in [3.8, 4) is 0 Å². The van der Waals surface area contributed by atoms with Gasteiger partial charge < -0.3 is 21.1 Å². The van der Waals surface area contributed by atoms with Gasteiger partial charge in [-0.1, -0.05) is 0 Å². The van der Waals surface area contributed by atoms with Crippen molar-refractivity contribution in [3.05, 3.63) is 0 Å². The number of carbonyl (C=O) groups excluding carboxylic acids is 3. The van der Waals surface area contributed by atoms with Crippen LogP contribution in [0.2, 0.25) is 0 Å². The maximum absolute atomic E-state index is 11.0. The predicted octanol–water partition coefficient (Wildman–Crippen LogP) is -2.65. The number of hydrogen-bond donors (Lipinski definition) is 4. The maximum Gasteiger partial charge on any atom is 0.239 e. The lowest BCUT2D eigenvalue weighted by molar-refractivity contribution is -0.127. The normalized spacial score (nSPS) is 9.20. The van der Waals surface area contributed by atoms with E-state index in [1.54, 1.807) is 0 Å². The third-order valence-corrected chi connectivity index (χ3v) is 1.38. The van der Waals surface area contributed by atoms with Crippen LogP contribution in [0.3, 0.4) is 0 Å². The molecular weight excluding hydrogens is 202 g/mol. The largest absolute Gasteiger partial charge is 0.395 e. The van der Waals surface area contributed by atoms with E-state index in [1.807, 2.05) is 0 Å². The number of amides is 3. The zero-order valence-electron chi connectivity index (χ0n) is 8.50. The molecule has 0 atom stereocenters. The molecule has 0 saturated heterocycles. The summed E-state index contributed by atoms with van der Waals surface area (Å²) >= 11 is 0. The van der Waals surface area contributed by atoms with Crippen molar-refractivity contribution in [2.45, 2.75) is 6.92 Å². The minimum Gasteiger partial charge on any atom is -0.395 e. The highest BCUT2D eigenvalue weighted by molar-refractivity contribution is 5.87. The molecule has 0 aromatic heterocycles. The Morgan fingerprint density at radius 2 is 1.53 bits per heavy atom. The second kappa shape index (κ2) is 7.74. The second-order valence-electron chi connectivity index (χ2n) is 2.76. The first-order valence-electron chi connectivity index (χ1n) is 4.45. The zero-order chi connectivity index (χ0) is 11.7. The second-order valence-corrected chi connectivity index (χ2v) is 2.76. The van der Waals surface area contributed by atoms with E-state index in [2.05, 4.69) is 16.0 Å². The molecule has 86 valence electrons. The molecule has 0 saturated carbocycles. The summed E-state index contributed by atoms with van der Waals surface area (Å²) in [5, 5.41) is 15.3. The van der Waals surface area contributed by atoms with Crippen molar-refractivity contribution < 1.29 is 19.5 Å². The standard InChI is InChI=1S/C8H15N3O4/c1-6(13)10-4-8(15)11-5-7(14)9-2-3-12/h12H,2-5H2,1H3,(H,9,14)(H,10,13)(H,11,15). The summed E-state index contributed by atoms with van der Waals surface area (Å²) in [6, 6.07) is 0. The van der Waals surface area contributed by atoms with Gasteiger partial charge in [0.05, 0.1) is 19.7 Å². The average molecular weight is 217 g/mol. The van der Waals surface area contributed by atoms with Gasteiger partial charge in [0.15, 0.2) is 0 Å². The fraction of sp³-hybridized carbons (Fsp3) is 0.625. The third-order valence-electron chi connectivity index (χ3n) is 1.38. The lowest BCUT2D eigenvalue weighted by Gasteiger charge is -2.05. The van der Waals surface area contributed by atoms with Gasteiger partial charge in [0, 0.05) is 13.5 Å². The highest BCUT2D eigenvalue weighted by Crippen LogP contribution is 1.68. The Morgan fingerprint density at radius 1 is 1.00 bits per heavy atom. The van der Waals surface area contributed by atoms with Gasteiger partial charge in [0.1, 0.15) is 0 Å². The van der Waals surface area contributed by atoms with E-state index in [0.717, 1.165) is 0 Å². The molecule has 0 radical (unpaired) electrons. The Hall–Kier alpha value is -1.63. The Balaban J connectivity index is 3.53. The van der Waals surface area contributed by atoms with Crippen LogP contribution in [0, 0.1) is 0 Å². The fourth-order valence-corrected chi connectivity index (χ4v) is 0.704. The van der Waals surface area contributed by atoms with Gasteiger partial charge in [-0.15, -0.1) is 0 Å². The molecule has 0 aliphatic rings. The molecular formula is C8H15N3O4. The molecule has 0 bridgehead atoms. The maximum atomic E-state index is 11.0. The van der Waals surface area contributed by atoms with Crippen LogP contribution in [0.4, 0.5) is 0 Å². The summed E-state index contributed by atoms with van der Waals surface area (Å²) in [5.74, 6) is -1.14. The molecule has 0 heterocycles. The van der Waals surface area contributed by atoms with E-state index in [-0.39, 0.29) is 38.1 Å². The van der Waals surface area contributed by atoms with Crippen LogP contribution < -0.4 is 16.0 Å². The molecule has 4 N–H and O–H groups in total. The van der Waals surface area contributed by atoms with Gasteiger partial charge in [0.25, 0.3) is 0 Å². The van der Waals surface area contributed by atoms with Crippen molar-refractivity contribution in [2.75, 3.05) is 26.2 Å². The molecule has 15 heavy (non-hydrogen) atoms. The Bertz CT molecular complexity index is 242. The molecule has 0 aromatic rings. The fourth-order valence-electron chi connectivity index (χ4n) is 0.704. The molecule has 7 heteroatoms. The molecule has 0 aliphatic carbocycles. The van der Waals surface area contributed by atoms with Gasteiger partial charge in [-0.2, -0.15) is 0 Å². The predicted molar refractivity (Wildman–Crippen MR) is 51.8 cm³/mol. The monoisotopic (exact) mass is 217 g/mol. The molecule has 0 fully saturated rings. The van der Waals surface area contributed by atoms with Crippen LogP contribution >= 0.6 is 0 Å². The van der Waals surface area contributed by atoms with Crippen LogP contribution in [-0.4, -0.2) is 49.1 Å². The molecule has 3 amide bonds. The van der Waals surface area contributed by atoms with Gasteiger partial charge in [-0.25, -0.2) is 0 Å². The molecule has 0 aliphatic heterocycles. The van der Waals surface area contributed by atoms with Crippen molar-refractivity contribution in [1.29, 1.82) is 0 Å². The molecule has 0 unspecified atom stereocenters. The SMILES string of the molecule is CC(=O)NCC(=O)NCC(=O)NCCO. The summed E-state index contributed by atoms with van der Waals surface area (Å²) in [6.45, 7) is 0.980. The van der Waals surface area contributed by atoms with Crippen LogP contribution in [-0.2, 0) is 14.4 Å². The number of aliphatic hydroxyl groups is 1. The molecule has 0 rings (SSSR count). The van der Waals surface area contributed by atoms with E-state index >= 15 is 0 Å². The van der Waals surface area contributed by atoms with Gasteiger partial charge in [-0.05, 0) is 0 Å². The van der Waals surface area contributed by atoms with Crippen LogP contribution in [0.5, 0.6) is 0 Å². The number of carbonyl (C=O) groups is 3. The Morgan fingerprint density at radius 3 is 2.07 bits per heavy atom. The smallest absolute Gasteiger partial charge is 0.239 e. The molecule has 7 nitrogen and oxygen atoms in total. The summed E-state index contributed by atoms with van der Waals surface area (Å²) in [5.41, 5.74) is 0. The molecule has 0 aromatic carbocycles. The van der Waals surface area contributed by atoms with E-state index in [1.165, 1.54) is 6.92 Å². The van der Waals surface area contributed by atoms with Crippen molar-refractivity contribution in [1.82, 2.24) is 16.0 Å². The van der Waals surface area contributed by atoms with E-state index in [9.17, 15) is 14.4 Å². The van der Waals surface area contributed by atoms with Crippen LogP contribution in [0.1, 0.15) is 6.92 Å². The Labute approximate surface area is 87.2 Å².